The van der Waals surface area contributed by atoms with Gasteiger partial charge >= 0.3 is 0 Å². The van der Waals surface area contributed by atoms with Gasteiger partial charge in [0.2, 0.25) is 12.3 Å². The number of carbonyl (C=O) groups excluding carboxylic acids is 1. The zero-order valence-corrected chi connectivity index (χ0v) is 16.9. The number of amides is 1. The van der Waals surface area contributed by atoms with E-state index in [1.165, 1.54) is 23.1 Å². The smallest absolute Gasteiger partial charge is 0.269 e. The summed E-state index contributed by atoms with van der Waals surface area (Å²) >= 11 is 5.82. The second-order valence-corrected chi connectivity index (χ2v) is 8.48. The molecule has 0 saturated heterocycles. The van der Waals surface area contributed by atoms with E-state index in [1.54, 1.807) is 0 Å². The van der Waals surface area contributed by atoms with Crippen LogP contribution in [0.1, 0.15) is 43.7 Å². The van der Waals surface area contributed by atoms with Crippen LogP contribution in [0.4, 0.5) is 14.5 Å². The van der Waals surface area contributed by atoms with Gasteiger partial charge < -0.3 is 11.1 Å². The molecule has 2 aliphatic carbocycles. The number of nitrogens with two attached hydrogens (primary N) is 1. The third-order valence-corrected chi connectivity index (χ3v) is 5.99. The number of carbonyl (C=O) groups is 1. The van der Waals surface area contributed by atoms with Gasteiger partial charge in [-0.15, -0.1) is 0 Å². The van der Waals surface area contributed by atoms with Crippen LogP contribution < -0.4 is 16.6 Å². The van der Waals surface area contributed by atoms with Gasteiger partial charge in [0.25, 0.3) is 5.56 Å². The normalized spacial score (nSPS) is 18.6. The molecule has 2 aromatic heterocycles. The molecule has 2 atom stereocenters. The Kier molecular flexibility index (Phi) is 5.88. The van der Waals surface area contributed by atoms with E-state index in [-0.39, 0.29) is 22.5 Å². The molecule has 1 amide bonds. The Morgan fingerprint density at radius 3 is 2.60 bits per heavy atom. The molecule has 0 aliphatic heterocycles. The summed E-state index contributed by atoms with van der Waals surface area (Å²) in [6.45, 7) is 0. The first-order valence-corrected chi connectivity index (χ1v) is 10.3. The predicted molar refractivity (Wildman–Crippen MR) is 106 cm³/mol. The van der Waals surface area contributed by atoms with Crippen LogP contribution in [0.2, 0.25) is 5.15 Å². The lowest BCUT2D eigenvalue weighted by Crippen LogP contribution is -2.43. The van der Waals surface area contributed by atoms with Crippen LogP contribution >= 0.6 is 11.6 Å². The van der Waals surface area contributed by atoms with Crippen LogP contribution in [0, 0.1) is 17.8 Å². The first-order chi connectivity index (χ1) is 14.3. The fourth-order valence-corrected chi connectivity index (χ4v) is 4.26. The second kappa shape index (κ2) is 8.43. The number of halogens is 3. The van der Waals surface area contributed by atoms with Gasteiger partial charge in [-0.25, -0.2) is 13.9 Å². The molecule has 11 heteroatoms. The number of hydrogen-bond acceptors (Lipinski definition) is 5. The third kappa shape index (κ3) is 4.70. The number of rotatable bonds is 9. The molecule has 0 aromatic carbocycles. The Bertz CT molecular complexity index is 960. The fraction of sp³-hybridized carbons (Fsp3) is 0.579. The van der Waals surface area contributed by atoms with Gasteiger partial charge in [-0.3, -0.25) is 14.3 Å². The molecule has 0 spiro atoms. The van der Waals surface area contributed by atoms with E-state index >= 15 is 0 Å². The summed E-state index contributed by atoms with van der Waals surface area (Å²) in [4.78, 5) is 24.8. The van der Waals surface area contributed by atoms with Crippen molar-refractivity contribution in [2.24, 2.45) is 23.5 Å². The molecule has 2 heterocycles. The van der Waals surface area contributed by atoms with Crippen molar-refractivity contribution < 1.29 is 13.6 Å². The van der Waals surface area contributed by atoms with Crippen LogP contribution in [0.3, 0.4) is 0 Å². The average molecular weight is 441 g/mol. The van der Waals surface area contributed by atoms with Crippen LogP contribution in [-0.2, 0) is 4.79 Å². The third-order valence-electron chi connectivity index (χ3n) is 5.80. The van der Waals surface area contributed by atoms with E-state index in [9.17, 15) is 18.4 Å². The van der Waals surface area contributed by atoms with E-state index in [0.29, 0.717) is 17.5 Å². The number of H-pyrrole nitrogens is 1. The first-order valence-electron chi connectivity index (χ1n) is 9.97. The second-order valence-electron chi connectivity index (χ2n) is 8.09. The highest BCUT2D eigenvalue weighted by Crippen LogP contribution is 2.50. The summed E-state index contributed by atoms with van der Waals surface area (Å²) in [5.41, 5.74) is 5.95. The number of hydrogen-bond donors (Lipinski definition) is 3. The molecule has 2 fully saturated rings. The summed E-state index contributed by atoms with van der Waals surface area (Å²) in [6.07, 6.45) is 3.87. The maximum absolute atomic E-state index is 13.2. The Labute approximate surface area is 176 Å². The van der Waals surface area contributed by atoms with Crippen LogP contribution in [-0.4, -0.2) is 38.4 Å². The van der Waals surface area contributed by atoms with Crippen molar-refractivity contribution in [1.82, 2.24) is 20.0 Å². The summed E-state index contributed by atoms with van der Waals surface area (Å²) < 4.78 is 27.6. The molecular weight excluding hydrogens is 418 g/mol. The van der Waals surface area contributed by atoms with Crippen LogP contribution in [0.25, 0.3) is 0 Å². The minimum absolute atomic E-state index is 0.00973. The number of aromatic amines is 1. The molecule has 0 radical (unpaired) electrons. The first kappa shape index (κ1) is 20.9. The van der Waals surface area contributed by atoms with Crippen molar-refractivity contribution in [3.8, 4) is 0 Å². The van der Waals surface area contributed by atoms with Gasteiger partial charge in [0.1, 0.15) is 5.15 Å². The summed E-state index contributed by atoms with van der Waals surface area (Å²) in [7, 11) is 0. The Balaban J connectivity index is 1.51. The number of aromatic nitrogens is 4. The van der Waals surface area contributed by atoms with E-state index < -0.39 is 30.5 Å². The molecule has 4 N–H and O–H groups in total. The summed E-state index contributed by atoms with van der Waals surface area (Å²) in [5.74, 6) is 0.900. The van der Waals surface area contributed by atoms with Gasteiger partial charge in [-0.05, 0) is 49.5 Å². The minimum Gasteiger partial charge on any atom is -0.322 e. The van der Waals surface area contributed by atoms with Gasteiger partial charge in [0.15, 0.2) is 0 Å². The highest BCUT2D eigenvalue weighted by molar-refractivity contribution is 6.29. The quantitative estimate of drug-likeness (QED) is 0.553. The van der Waals surface area contributed by atoms with Gasteiger partial charge in [-0.1, -0.05) is 11.6 Å². The highest BCUT2D eigenvalue weighted by Gasteiger charge is 2.46. The van der Waals surface area contributed by atoms with Crippen molar-refractivity contribution in [3.63, 3.8) is 0 Å². The van der Waals surface area contributed by atoms with Gasteiger partial charge in [-0.2, -0.15) is 10.2 Å². The van der Waals surface area contributed by atoms with Crippen molar-refractivity contribution in [2.45, 2.75) is 50.6 Å². The molecule has 2 saturated carbocycles. The van der Waals surface area contributed by atoms with Crippen molar-refractivity contribution in [1.29, 1.82) is 0 Å². The molecule has 30 heavy (non-hydrogen) atoms. The SMILES string of the molecule is N[C@H](C(=O)Nc1cnn(C(CC(F)F)c2cc(Cl)n[nH]c2=O)c1)C(C1CC1)C1CC1. The van der Waals surface area contributed by atoms with Crippen molar-refractivity contribution >= 4 is 23.2 Å². The molecular formula is C19H23ClF2N6O2. The lowest BCUT2D eigenvalue weighted by molar-refractivity contribution is -0.118. The Morgan fingerprint density at radius 1 is 1.33 bits per heavy atom. The van der Waals surface area contributed by atoms with Crippen molar-refractivity contribution in [2.75, 3.05) is 5.32 Å². The van der Waals surface area contributed by atoms with E-state index in [2.05, 4.69) is 20.6 Å². The number of anilines is 1. The number of nitrogens with zero attached hydrogens (tertiary/aromatic N) is 3. The topological polar surface area (TPSA) is 119 Å². The molecule has 2 aliphatic rings. The molecule has 162 valence electrons. The minimum atomic E-state index is -2.69. The molecule has 8 nitrogen and oxygen atoms in total. The fourth-order valence-electron chi connectivity index (χ4n) is 4.10. The predicted octanol–water partition coefficient (Wildman–Crippen LogP) is 2.57. The molecule has 2 aromatic rings. The maximum atomic E-state index is 13.2. The van der Waals surface area contributed by atoms with E-state index in [4.69, 9.17) is 17.3 Å². The highest BCUT2D eigenvalue weighted by atomic mass is 35.5. The summed E-state index contributed by atoms with van der Waals surface area (Å²) in [5, 5.41) is 12.5. The molecule has 1 unspecified atom stereocenters. The van der Waals surface area contributed by atoms with E-state index in [1.807, 2.05) is 0 Å². The molecule has 4 rings (SSSR count). The summed E-state index contributed by atoms with van der Waals surface area (Å²) in [6, 6.07) is -0.453. The Morgan fingerprint density at radius 2 is 2.00 bits per heavy atom. The largest absolute Gasteiger partial charge is 0.322 e. The maximum Gasteiger partial charge on any atom is 0.269 e. The lowest BCUT2D eigenvalue weighted by atomic mass is 9.89. The zero-order valence-electron chi connectivity index (χ0n) is 16.1. The van der Waals surface area contributed by atoms with E-state index in [0.717, 1.165) is 25.7 Å². The standard InChI is InChI=1S/C19H23ClF2N6O2/c20-14-5-12(18(29)27-26-14)13(6-15(21)22)28-8-11(7-24-28)25-19(30)17(23)16(9-1-2-9)10-3-4-10/h5,7-10,13,15-17H,1-4,6,23H2,(H,25,30)(H,27,29)/t13?,17-/m0/s1. The number of alkyl halides is 2. The van der Waals surface area contributed by atoms with Crippen LogP contribution in [0.5, 0.6) is 0 Å². The lowest BCUT2D eigenvalue weighted by Gasteiger charge is -2.22. The van der Waals surface area contributed by atoms with Gasteiger partial charge in [0.05, 0.1) is 24.0 Å². The van der Waals surface area contributed by atoms with Crippen molar-refractivity contribution in [3.05, 3.63) is 39.5 Å². The Hall–Kier alpha value is -2.33. The van der Waals surface area contributed by atoms with Crippen LogP contribution in [0.15, 0.2) is 23.3 Å². The zero-order chi connectivity index (χ0) is 21.4. The molecule has 0 bridgehead atoms. The number of nitrogens with one attached hydrogen (secondary N) is 2. The monoisotopic (exact) mass is 440 g/mol. The average Bonchev–Trinajstić information content (AvgIpc) is 3.63. The van der Waals surface area contributed by atoms with Gasteiger partial charge in [0, 0.05) is 18.2 Å².